The van der Waals surface area contributed by atoms with Gasteiger partial charge in [0.05, 0.1) is 36.7 Å². The summed E-state index contributed by atoms with van der Waals surface area (Å²) in [7, 11) is 5.37. The number of ether oxygens (including phenoxy) is 1. The number of nitrogens with one attached hydrogen (secondary N) is 3. The summed E-state index contributed by atoms with van der Waals surface area (Å²) in [5.74, 6) is -0.0897. The fraction of sp³-hybridized carbons (Fsp3) is 0.385. The molecule has 12 heteroatoms. The fourth-order valence-corrected chi connectivity index (χ4v) is 5.01. The smallest absolute Gasteiger partial charge is 0.256 e. The van der Waals surface area contributed by atoms with Crippen LogP contribution in [0.5, 0.6) is 5.88 Å². The van der Waals surface area contributed by atoms with Crippen LogP contribution in [0.3, 0.4) is 0 Å². The van der Waals surface area contributed by atoms with Crippen LogP contribution >= 0.6 is 0 Å². The third-order valence-electron chi connectivity index (χ3n) is 6.97. The number of aryl methyl sites for hydroxylation is 1. The largest absolute Gasteiger partial charge is 0.478 e. The predicted molar refractivity (Wildman–Crippen MR) is 144 cm³/mol. The van der Waals surface area contributed by atoms with Crippen molar-refractivity contribution in [2.75, 3.05) is 44.4 Å². The molecular weight excluding hydrogens is 489 g/mol. The number of para-hydroxylation sites is 1. The minimum Gasteiger partial charge on any atom is -0.478 e. The molecule has 0 bridgehead atoms. The zero-order valence-corrected chi connectivity index (χ0v) is 22.1. The van der Waals surface area contributed by atoms with Crippen LogP contribution in [0.4, 0.5) is 21.7 Å². The molecule has 4 aromatic rings. The summed E-state index contributed by atoms with van der Waals surface area (Å²) in [5, 5.41) is 11.0. The van der Waals surface area contributed by atoms with Gasteiger partial charge in [-0.1, -0.05) is 12.1 Å². The lowest BCUT2D eigenvalue weighted by Crippen LogP contribution is -2.56. The average Bonchev–Trinajstić information content (AvgIpc) is 3.48. The number of hydrogen-bond donors (Lipinski definition) is 3. The first-order valence-corrected chi connectivity index (χ1v) is 12.5. The van der Waals surface area contributed by atoms with Gasteiger partial charge in [-0.15, -0.1) is 5.10 Å². The van der Waals surface area contributed by atoms with Gasteiger partial charge in [0.2, 0.25) is 11.9 Å². The van der Waals surface area contributed by atoms with Crippen molar-refractivity contribution in [3.8, 4) is 17.1 Å². The van der Waals surface area contributed by atoms with Crippen molar-refractivity contribution >= 4 is 34.1 Å². The first-order valence-electron chi connectivity index (χ1n) is 12.5. The van der Waals surface area contributed by atoms with Crippen molar-refractivity contribution < 1.29 is 13.9 Å². The van der Waals surface area contributed by atoms with E-state index in [-0.39, 0.29) is 29.6 Å². The number of nitrogens with zero attached hydrogens (tertiary/aromatic N) is 6. The Balaban J connectivity index is 1.41. The standard InChI is InChI=1S/C26H32FN9O2/c1-15-13-34(3)9-10-36(15)16(2)24(37)30-20-8-6-7-17-18(11-28-23(17)20)22-19(27)12-29-26(32-22)31-21-14-35(4)33-25(21)38-5/h6-8,11-12,14-16,28H,9-10,13H2,1-5H3,(H,30,37)(H,29,31,32)/t15?,16-/m0/s1. The lowest BCUT2D eigenvalue weighted by molar-refractivity contribution is -0.122. The Morgan fingerprint density at radius 2 is 2.08 bits per heavy atom. The summed E-state index contributed by atoms with van der Waals surface area (Å²) in [6.07, 6.45) is 4.53. The Morgan fingerprint density at radius 3 is 2.84 bits per heavy atom. The van der Waals surface area contributed by atoms with E-state index >= 15 is 0 Å². The van der Waals surface area contributed by atoms with E-state index in [1.165, 1.54) is 7.11 Å². The quantitative estimate of drug-likeness (QED) is 0.340. The van der Waals surface area contributed by atoms with Gasteiger partial charge in [-0.3, -0.25) is 14.4 Å². The van der Waals surface area contributed by atoms with E-state index in [9.17, 15) is 9.18 Å². The van der Waals surface area contributed by atoms with Crippen LogP contribution in [-0.2, 0) is 11.8 Å². The zero-order chi connectivity index (χ0) is 27.0. The summed E-state index contributed by atoms with van der Waals surface area (Å²) in [4.78, 5) is 29.4. The Hall–Kier alpha value is -4.03. The van der Waals surface area contributed by atoms with E-state index in [2.05, 4.69) is 54.5 Å². The maximum Gasteiger partial charge on any atom is 0.256 e. The van der Waals surface area contributed by atoms with Gasteiger partial charge in [-0.25, -0.2) is 14.4 Å². The topological polar surface area (TPSA) is 116 Å². The molecule has 1 aliphatic rings. The predicted octanol–water partition coefficient (Wildman–Crippen LogP) is 3.21. The highest BCUT2D eigenvalue weighted by Crippen LogP contribution is 2.34. The van der Waals surface area contributed by atoms with Crippen molar-refractivity contribution in [2.45, 2.75) is 25.9 Å². The molecule has 1 unspecified atom stereocenters. The fourth-order valence-electron chi connectivity index (χ4n) is 5.01. The van der Waals surface area contributed by atoms with E-state index in [1.807, 2.05) is 25.1 Å². The summed E-state index contributed by atoms with van der Waals surface area (Å²) in [6, 6.07) is 5.51. The third-order valence-corrected chi connectivity index (χ3v) is 6.97. The van der Waals surface area contributed by atoms with E-state index in [0.29, 0.717) is 28.3 Å². The number of aromatic nitrogens is 5. The minimum absolute atomic E-state index is 0.0878. The normalized spacial score (nSPS) is 17.5. The second-order valence-electron chi connectivity index (χ2n) is 9.69. The van der Waals surface area contributed by atoms with Crippen LogP contribution in [0.15, 0.2) is 36.8 Å². The summed E-state index contributed by atoms with van der Waals surface area (Å²) in [5.41, 5.74) is 2.55. The molecule has 0 spiro atoms. The molecule has 1 fully saturated rings. The van der Waals surface area contributed by atoms with Crippen molar-refractivity contribution in [2.24, 2.45) is 7.05 Å². The highest BCUT2D eigenvalue weighted by Gasteiger charge is 2.30. The third kappa shape index (κ3) is 4.92. The number of rotatable bonds is 7. The number of benzene rings is 1. The highest BCUT2D eigenvalue weighted by molar-refractivity contribution is 6.06. The lowest BCUT2D eigenvalue weighted by Gasteiger charge is -2.41. The van der Waals surface area contributed by atoms with Crippen LogP contribution in [0.1, 0.15) is 13.8 Å². The number of halogens is 1. The van der Waals surface area contributed by atoms with Gasteiger partial charge in [0.1, 0.15) is 11.4 Å². The van der Waals surface area contributed by atoms with E-state index in [1.54, 1.807) is 24.1 Å². The van der Waals surface area contributed by atoms with Gasteiger partial charge in [0, 0.05) is 49.9 Å². The molecule has 11 nitrogen and oxygen atoms in total. The van der Waals surface area contributed by atoms with Crippen molar-refractivity contribution in [1.82, 2.24) is 34.5 Å². The SMILES string of the molecule is COc1nn(C)cc1Nc1ncc(F)c(-c2c[nH]c3c(NC(=O)[C@H](C)N4CCN(C)CC4C)cccc23)n1. The number of amides is 1. The van der Waals surface area contributed by atoms with Crippen LogP contribution < -0.4 is 15.4 Å². The number of fused-ring (bicyclic) bond motifs is 1. The number of likely N-dealkylation sites (N-methyl/N-ethyl adjacent to an activating group) is 1. The molecule has 5 rings (SSSR count). The van der Waals surface area contributed by atoms with Gasteiger partial charge in [0.25, 0.3) is 5.88 Å². The first-order chi connectivity index (χ1) is 18.2. The van der Waals surface area contributed by atoms with Crippen molar-refractivity contribution in [3.05, 3.63) is 42.6 Å². The van der Waals surface area contributed by atoms with Gasteiger partial charge in [-0.2, -0.15) is 0 Å². The van der Waals surface area contributed by atoms with Gasteiger partial charge >= 0.3 is 0 Å². The average molecular weight is 522 g/mol. The second kappa shape index (κ2) is 10.4. The maximum atomic E-state index is 14.9. The van der Waals surface area contributed by atoms with Crippen molar-refractivity contribution in [1.29, 1.82) is 0 Å². The molecule has 0 radical (unpaired) electrons. The van der Waals surface area contributed by atoms with Crippen LogP contribution in [-0.4, -0.2) is 86.3 Å². The summed E-state index contributed by atoms with van der Waals surface area (Å²) in [6.45, 7) is 6.74. The molecule has 1 amide bonds. The Morgan fingerprint density at radius 1 is 1.26 bits per heavy atom. The van der Waals surface area contributed by atoms with E-state index < -0.39 is 5.82 Å². The molecule has 3 N–H and O–H groups in total. The number of carbonyl (C=O) groups is 1. The number of piperazine rings is 1. The molecule has 2 atom stereocenters. The molecule has 4 heterocycles. The molecule has 0 aliphatic carbocycles. The summed E-state index contributed by atoms with van der Waals surface area (Å²) >= 11 is 0. The maximum absolute atomic E-state index is 14.9. The molecule has 38 heavy (non-hydrogen) atoms. The molecule has 1 aliphatic heterocycles. The Bertz CT molecular complexity index is 1470. The summed E-state index contributed by atoms with van der Waals surface area (Å²) < 4.78 is 21.8. The number of hydrogen-bond acceptors (Lipinski definition) is 8. The number of methoxy groups -OCH3 is 1. The second-order valence-corrected chi connectivity index (χ2v) is 9.69. The molecule has 1 saturated heterocycles. The monoisotopic (exact) mass is 521 g/mol. The van der Waals surface area contributed by atoms with E-state index in [4.69, 9.17) is 4.74 Å². The van der Waals surface area contributed by atoms with Crippen LogP contribution in [0.25, 0.3) is 22.2 Å². The molecule has 200 valence electrons. The first kappa shape index (κ1) is 25.6. The number of carbonyl (C=O) groups excluding carboxylic acids is 1. The molecular formula is C26H32FN9O2. The number of aromatic amines is 1. The van der Waals surface area contributed by atoms with Gasteiger partial charge < -0.3 is 25.3 Å². The van der Waals surface area contributed by atoms with Crippen LogP contribution in [0.2, 0.25) is 0 Å². The number of H-pyrrole nitrogens is 1. The Labute approximate surface area is 220 Å². The molecule has 1 aromatic carbocycles. The van der Waals surface area contributed by atoms with Gasteiger partial charge in [-0.05, 0) is 27.0 Å². The molecule has 0 saturated carbocycles. The minimum atomic E-state index is -0.568. The zero-order valence-electron chi connectivity index (χ0n) is 22.1. The van der Waals surface area contributed by atoms with Gasteiger partial charge in [0.15, 0.2) is 5.82 Å². The van der Waals surface area contributed by atoms with Crippen molar-refractivity contribution in [3.63, 3.8) is 0 Å². The molecule has 3 aromatic heterocycles. The van der Waals surface area contributed by atoms with Crippen LogP contribution in [0, 0.1) is 5.82 Å². The van der Waals surface area contributed by atoms with E-state index in [0.717, 1.165) is 31.2 Å². The highest BCUT2D eigenvalue weighted by atomic mass is 19.1. The Kier molecular flexibility index (Phi) is 7.00. The number of anilines is 3. The lowest BCUT2D eigenvalue weighted by atomic mass is 10.1.